The van der Waals surface area contributed by atoms with Gasteiger partial charge in [-0.15, -0.1) is 0 Å². The summed E-state index contributed by atoms with van der Waals surface area (Å²) < 4.78 is 35.6. The van der Waals surface area contributed by atoms with Gasteiger partial charge in [0, 0.05) is 19.2 Å². The second kappa shape index (κ2) is 9.88. The van der Waals surface area contributed by atoms with Crippen LogP contribution in [0.25, 0.3) is 11.1 Å². The molecule has 0 aromatic heterocycles. The van der Waals surface area contributed by atoms with Crippen molar-refractivity contribution >= 4 is 11.7 Å². The number of halogens is 2. The predicted octanol–water partition coefficient (Wildman–Crippen LogP) is 6.53. The number of carboxylic acids is 1. The molecule has 0 bridgehead atoms. The Hall–Kier alpha value is -2.63. The van der Waals surface area contributed by atoms with E-state index in [1.807, 2.05) is 12.1 Å². The van der Waals surface area contributed by atoms with Crippen LogP contribution in [0, 0.1) is 23.0 Å². The van der Waals surface area contributed by atoms with Crippen LogP contribution in [0.1, 0.15) is 52.9 Å². The standard InChI is InChI=1S/C26H33F2NO3/c1-26(2,3)18-7-11-20(12-8-18)32-19-9-5-17(6-10-19)21-13-14-22(27)25(24(21)28)29(4)16-15-23(30)31/h5-6,9-10,13-14,18,20H,7-8,11-12,15-16H2,1-4H3,(H,30,31)/t18-,20-. The van der Waals surface area contributed by atoms with Crippen LogP contribution in [0.3, 0.4) is 0 Å². The topological polar surface area (TPSA) is 49.8 Å². The van der Waals surface area contributed by atoms with Gasteiger partial charge in [0.2, 0.25) is 0 Å². The molecular formula is C26H33F2NO3. The van der Waals surface area contributed by atoms with Gasteiger partial charge in [0.1, 0.15) is 17.3 Å². The minimum Gasteiger partial charge on any atom is -0.490 e. The Kier molecular flexibility index (Phi) is 7.42. The van der Waals surface area contributed by atoms with Crippen molar-refractivity contribution in [3.05, 3.63) is 48.0 Å². The summed E-state index contributed by atoms with van der Waals surface area (Å²) in [6.45, 7) is 6.89. The van der Waals surface area contributed by atoms with E-state index >= 15 is 4.39 Å². The van der Waals surface area contributed by atoms with Crippen molar-refractivity contribution in [3.8, 4) is 16.9 Å². The van der Waals surface area contributed by atoms with E-state index in [2.05, 4.69) is 20.8 Å². The number of rotatable bonds is 7. The summed E-state index contributed by atoms with van der Waals surface area (Å²) in [5.74, 6) is -0.975. The largest absolute Gasteiger partial charge is 0.490 e. The van der Waals surface area contributed by atoms with Crippen LogP contribution >= 0.6 is 0 Å². The number of hydrogen-bond acceptors (Lipinski definition) is 3. The molecule has 1 aliphatic carbocycles. The third-order valence-electron chi connectivity index (χ3n) is 6.48. The van der Waals surface area contributed by atoms with Gasteiger partial charge in [-0.05, 0) is 66.8 Å². The van der Waals surface area contributed by atoms with E-state index in [4.69, 9.17) is 9.84 Å². The molecule has 0 radical (unpaired) electrons. The SMILES string of the molecule is CN(CCC(=O)O)c1c(F)ccc(-c2ccc(O[C@H]3CC[C@H](C(C)(C)C)CC3)cc2)c1F. The Morgan fingerprint density at radius 3 is 2.25 bits per heavy atom. The molecule has 2 aromatic rings. The number of nitrogens with zero attached hydrogens (tertiary/aromatic N) is 1. The molecule has 1 saturated carbocycles. The third kappa shape index (κ3) is 5.78. The molecule has 3 rings (SSSR count). The highest BCUT2D eigenvalue weighted by Crippen LogP contribution is 2.39. The lowest BCUT2D eigenvalue weighted by molar-refractivity contribution is -0.136. The molecular weight excluding hydrogens is 412 g/mol. The molecule has 0 unspecified atom stereocenters. The number of anilines is 1. The molecule has 32 heavy (non-hydrogen) atoms. The average Bonchev–Trinajstić information content (AvgIpc) is 2.73. The minimum absolute atomic E-state index is 0.0108. The van der Waals surface area contributed by atoms with Crippen LogP contribution in [0.4, 0.5) is 14.5 Å². The van der Waals surface area contributed by atoms with E-state index < -0.39 is 17.6 Å². The molecule has 174 valence electrons. The fraction of sp³-hybridized carbons (Fsp3) is 0.500. The van der Waals surface area contributed by atoms with Gasteiger partial charge in [0.15, 0.2) is 5.82 Å². The first-order valence-corrected chi connectivity index (χ1v) is 11.2. The van der Waals surface area contributed by atoms with Crippen molar-refractivity contribution in [1.29, 1.82) is 0 Å². The molecule has 0 heterocycles. The van der Waals surface area contributed by atoms with Gasteiger partial charge in [-0.1, -0.05) is 32.9 Å². The second-order valence-corrected chi connectivity index (χ2v) is 9.80. The zero-order valence-corrected chi connectivity index (χ0v) is 19.3. The highest BCUT2D eigenvalue weighted by atomic mass is 19.1. The molecule has 0 saturated heterocycles. The molecule has 0 atom stereocenters. The quantitative estimate of drug-likeness (QED) is 0.527. The van der Waals surface area contributed by atoms with Crippen LogP contribution in [-0.4, -0.2) is 30.8 Å². The molecule has 0 amide bonds. The van der Waals surface area contributed by atoms with E-state index in [1.54, 1.807) is 12.1 Å². The Bertz CT molecular complexity index is 929. The molecule has 1 aliphatic rings. The summed E-state index contributed by atoms with van der Waals surface area (Å²) in [5, 5.41) is 8.85. The number of aliphatic carboxylic acids is 1. The number of ether oxygens (including phenoxy) is 1. The van der Waals surface area contributed by atoms with Crippen LogP contribution in [0.15, 0.2) is 36.4 Å². The van der Waals surface area contributed by atoms with Crippen molar-refractivity contribution < 1.29 is 23.4 Å². The second-order valence-electron chi connectivity index (χ2n) is 9.80. The van der Waals surface area contributed by atoms with Gasteiger partial charge < -0.3 is 14.7 Å². The third-order valence-corrected chi connectivity index (χ3v) is 6.48. The Balaban J connectivity index is 1.70. The normalized spacial score (nSPS) is 18.9. The van der Waals surface area contributed by atoms with E-state index in [9.17, 15) is 9.18 Å². The van der Waals surface area contributed by atoms with Crippen LogP contribution in [0.2, 0.25) is 0 Å². The van der Waals surface area contributed by atoms with E-state index in [1.165, 1.54) is 24.1 Å². The molecule has 1 fully saturated rings. The van der Waals surface area contributed by atoms with Crippen LogP contribution in [0.5, 0.6) is 5.75 Å². The molecule has 0 spiro atoms. The number of hydrogen-bond donors (Lipinski definition) is 1. The predicted molar refractivity (Wildman–Crippen MR) is 123 cm³/mol. The van der Waals surface area contributed by atoms with Gasteiger partial charge in [0.05, 0.1) is 12.5 Å². The first-order chi connectivity index (χ1) is 15.1. The van der Waals surface area contributed by atoms with Crippen LogP contribution < -0.4 is 9.64 Å². The molecule has 1 N–H and O–H groups in total. The highest BCUT2D eigenvalue weighted by Gasteiger charge is 2.30. The van der Waals surface area contributed by atoms with E-state index in [-0.39, 0.29) is 30.3 Å². The maximum absolute atomic E-state index is 15.1. The van der Waals surface area contributed by atoms with Crippen molar-refractivity contribution in [1.82, 2.24) is 0 Å². The van der Waals surface area contributed by atoms with E-state index in [0.29, 0.717) is 16.9 Å². The zero-order valence-electron chi connectivity index (χ0n) is 19.3. The monoisotopic (exact) mass is 445 g/mol. The first-order valence-electron chi connectivity index (χ1n) is 11.2. The van der Waals surface area contributed by atoms with Gasteiger partial charge >= 0.3 is 5.97 Å². The average molecular weight is 446 g/mol. The number of benzene rings is 2. The van der Waals surface area contributed by atoms with Crippen LogP contribution in [-0.2, 0) is 4.79 Å². The summed E-state index contributed by atoms with van der Waals surface area (Å²) >= 11 is 0. The lowest BCUT2D eigenvalue weighted by Gasteiger charge is -2.36. The fourth-order valence-corrected chi connectivity index (χ4v) is 4.44. The molecule has 6 heteroatoms. The maximum Gasteiger partial charge on any atom is 0.305 e. The van der Waals surface area contributed by atoms with Crippen molar-refractivity contribution in [2.75, 3.05) is 18.5 Å². The van der Waals surface area contributed by atoms with Gasteiger partial charge in [-0.3, -0.25) is 4.79 Å². The smallest absolute Gasteiger partial charge is 0.305 e. The van der Waals surface area contributed by atoms with Gasteiger partial charge in [0.25, 0.3) is 0 Å². The summed E-state index contributed by atoms with van der Waals surface area (Å²) in [5.41, 5.74) is 0.978. The van der Waals surface area contributed by atoms with Crippen molar-refractivity contribution in [2.24, 2.45) is 11.3 Å². The highest BCUT2D eigenvalue weighted by molar-refractivity contribution is 5.71. The van der Waals surface area contributed by atoms with E-state index in [0.717, 1.165) is 31.4 Å². The first kappa shape index (κ1) is 24.0. The lowest BCUT2D eigenvalue weighted by Crippen LogP contribution is -2.30. The molecule has 4 nitrogen and oxygen atoms in total. The van der Waals surface area contributed by atoms with Crippen molar-refractivity contribution in [2.45, 2.75) is 59.0 Å². The van der Waals surface area contributed by atoms with Gasteiger partial charge in [-0.25, -0.2) is 8.78 Å². The summed E-state index contributed by atoms with van der Waals surface area (Å²) in [6.07, 6.45) is 4.36. The Morgan fingerprint density at radius 2 is 1.69 bits per heavy atom. The molecule has 0 aliphatic heterocycles. The fourth-order valence-electron chi connectivity index (χ4n) is 4.44. The number of carboxylic acid groups (broad SMARTS) is 1. The summed E-state index contributed by atoms with van der Waals surface area (Å²) in [6, 6.07) is 9.80. The van der Waals surface area contributed by atoms with Gasteiger partial charge in [-0.2, -0.15) is 0 Å². The zero-order chi connectivity index (χ0) is 23.5. The molecule has 2 aromatic carbocycles. The number of carbonyl (C=O) groups is 1. The summed E-state index contributed by atoms with van der Waals surface area (Å²) in [4.78, 5) is 12.1. The Morgan fingerprint density at radius 1 is 1.06 bits per heavy atom. The lowest BCUT2D eigenvalue weighted by atomic mass is 9.72. The minimum atomic E-state index is -1.02. The summed E-state index contributed by atoms with van der Waals surface area (Å²) in [7, 11) is 1.49. The Labute approximate surface area is 189 Å². The maximum atomic E-state index is 15.1. The van der Waals surface area contributed by atoms with Crippen molar-refractivity contribution in [3.63, 3.8) is 0 Å².